The Kier molecular flexibility index (Phi) is 6.92. The predicted octanol–water partition coefficient (Wildman–Crippen LogP) is 3.73. The lowest BCUT2D eigenvalue weighted by Crippen LogP contribution is -2.51. The molecule has 3 aromatic rings. The van der Waals surface area contributed by atoms with Gasteiger partial charge in [0.15, 0.2) is 0 Å². The van der Waals surface area contributed by atoms with E-state index in [1.807, 2.05) is 42.5 Å². The van der Waals surface area contributed by atoms with Gasteiger partial charge in [0.2, 0.25) is 5.91 Å². The van der Waals surface area contributed by atoms with Gasteiger partial charge in [-0.25, -0.2) is 9.59 Å². The van der Waals surface area contributed by atoms with E-state index in [4.69, 9.17) is 4.74 Å². The third-order valence-corrected chi connectivity index (χ3v) is 5.97. The van der Waals surface area contributed by atoms with Gasteiger partial charge in [0.25, 0.3) is 0 Å². The molecule has 0 bridgehead atoms. The Morgan fingerprint density at radius 3 is 2.00 bits per heavy atom. The summed E-state index contributed by atoms with van der Waals surface area (Å²) in [4.78, 5) is 36.6. The van der Waals surface area contributed by atoms with Crippen LogP contribution in [-0.4, -0.2) is 41.8 Å². The Morgan fingerprint density at radius 1 is 0.853 bits per heavy atom. The van der Waals surface area contributed by atoms with Crippen molar-refractivity contribution in [3.05, 3.63) is 95.6 Å². The van der Waals surface area contributed by atoms with Crippen LogP contribution < -0.4 is 10.6 Å². The SMILES string of the molecule is C[C@@H](NC(=O)OCC1c2ccccc2-c2ccccc21)C(=O)N[C@H](Cc1ccccc1)C(=O)O. The van der Waals surface area contributed by atoms with Crippen molar-refractivity contribution in [1.29, 1.82) is 0 Å². The summed E-state index contributed by atoms with van der Waals surface area (Å²) in [5, 5.41) is 14.5. The number of hydrogen-bond donors (Lipinski definition) is 3. The van der Waals surface area contributed by atoms with Crippen LogP contribution in [0.1, 0.15) is 29.5 Å². The second kappa shape index (κ2) is 10.2. The fraction of sp³-hybridized carbons (Fsp3) is 0.222. The van der Waals surface area contributed by atoms with Crippen LogP contribution in [0.5, 0.6) is 0 Å². The van der Waals surface area contributed by atoms with E-state index in [0.717, 1.165) is 27.8 Å². The molecule has 7 heteroatoms. The number of amides is 2. The number of rotatable bonds is 8. The third-order valence-electron chi connectivity index (χ3n) is 5.97. The molecule has 174 valence electrons. The molecule has 0 saturated carbocycles. The van der Waals surface area contributed by atoms with Crippen molar-refractivity contribution in [2.75, 3.05) is 6.61 Å². The number of fused-ring (bicyclic) bond motifs is 3. The Hall–Kier alpha value is -4.13. The van der Waals surface area contributed by atoms with Crippen LogP contribution in [0.4, 0.5) is 4.79 Å². The molecule has 4 rings (SSSR count). The molecular weight excluding hydrogens is 432 g/mol. The lowest BCUT2D eigenvalue weighted by Gasteiger charge is -2.19. The number of carbonyl (C=O) groups excluding carboxylic acids is 2. The van der Waals surface area contributed by atoms with Crippen LogP contribution in [0, 0.1) is 0 Å². The topological polar surface area (TPSA) is 105 Å². The molecule has 34 heavy (non-hydrogen) atoms. The molecule has 0 fully saturated rings. The molecule has 0 heterocycles. The average Bonchev–Trinajstić information content (AvgIpc) is 3.16. The number of ether oxygens (including phenoxy) is 1. The van der Waals surface area contributed by atoms with Crippen LogP contribution in [0.3, 0.4) is 0 Å². The van der Waals surface area contributed by atoms with Crippen LogP contribution >= 0.6 is 0 Å². The van der Waals surface area contributed by atoms with Crippen LogP contribution in [0.25, 0.3) is 11.1 Å². The normalized spacial score (nSPS) is 13.8. The molecule has 2 amide bonds. The summed E-state index contributed by atoms with van der Waals surface area (Å²) in [5.41, 5.74) is 5.21. The number of benzene rings is 3. The van der Waals surface area contributed by atoms with Crippen molar-refractivity contribution < 1.29 is 24.2 Å². The number of hydrogen-bond acceptors (Lipinski definition) is 4. The van der Waals surface area contributed by atoms with E-state index < -0.39 is 30.1 Å². The Bertz CT molecular complexity index is 1150. The average molecular weight is 459 g/mol. The second-order valence-electron chi connectivity index (χ2n) is 8.28. The summed E-state index contributed by atoms with van der Waals surface area (Å²) in [7, 11) is 0. The first-order chi connectivity index (χ1) is 16.4. The van der Waals surface area contributed by atoms with E-state index in [2.05, 4.69) is 22.8 Å². The van der Waals surface area contributed by atoms with Crippen molar-refractivity contribution in [1.82, 2.24) is 10.6 Å². The van der Waals surface area contributed by atoms with Crippen molar-refractivity contribution in [3.63, 3.8) is 0 Å². The minimum Gasteiger partial charge on any atom is -0.480 e. The second-order valence-corrected chi connectivity index (χ2v) is 8.28. The van der Waals surface area contributed by atoms with Gasteiger partial charge in [-0.1, -0.05) is 78.9 Å². The summed E-state index contributed by atoms with van der Waals surface area (Å²) >= 11 is 0. The largest absolute Gasteiger partial charge is 0.480 e. The highest BCUT2D eigenvalue weighted by molar-refractivity contribution is 5.89. The zero-order valence-corrected chi connectivity index (χ0v) is 18.7. The van der Waals surface area contributed by atoms with Gasteiger partial charge in [0, 0.05) is 12.3 Å². The minimum atomic E-state index is -1.15. The van der Waals surface area contributed by atoms with E-state index in [0.29, 0.717) is 0 Å². The predicted molar refractivity (Wildman–Crippen MR) is 127 cm³/mol. The first-order valence-electron chi connectivity index (χ1n) is 11.1. The number of nitrogens with one attached hydrogen (secondary N) is 2. The maximum absolute atomic E-state index is 12.5. The summed E-state index contributed by atoms with van der Waals surface area (Å²) < 4.78 is 5.46. The fourth-order valence-electron chi connectivity index (χ4n) is 4.23. The maximum Gasteiger partial charge on any atom is 0.407 e. The van der Waals surface area contributed by atoms with E-state index >= 15 is 0 Å². The molecule has 7 nitrogen and oxygen atoms in total. The van der Waals surface area contributed by atoms with Crippen molar-refractivity contribution in [3.8, 4) is 11.1 Å². The Morgan fingerprint density at radius 2 is 1.41 bits per heavy atom. The highest BCUT2D eigenvalue weighted by Gasteiger charge is 2.30. The van der Waals surface area contributed by atoms with Gasteiger partial charge in [-0.05, 0) is 34.7 Å². The van der Waals surface area contributed by atoms with Crippen LogP contribution in [-0.2, 0) is 20.7 Å². The van der Waals surface area contributed by atoms with Crippen LogP contribution in [0.15, 0.2) is 78.9 Å². The number of carbonyl (C=O) groups is 3. The van der Waals surface area contributed by atoms with E-state index in [-0.39, 0.29) is 18.9 Å². The highest BCUT2D eigenvalue weighted by atomic mass is 16.5. The van der Waals surface area contributed by atoms with Crippen molar-refractivity contribution >= 4 is 18.0 Å². The maximum atomic E-state index is 12.5. The minimum absolute atomic E-state index is 0.0930. The van der Waals surface area contributed by atoms with E-state index in [1.54, 1.807) is 24.3 Å². The van der Waals surface area contributed by atoms with Gasteiger partial charge >= 0.3 is 12.1 Å². The smallest absolute Gasteiger partial charge is 0.407 e. The number of alkyl carbamates (subject to hydrolysis) is 1. The van der Waals surface area contributed by atoms with Gasteiger partial charge in [0.05, 0.1) is 0 Å². The highest BCUT2D eigenvalue weighted by Crippen LogP contribution is 2.44. The molecule has 0 unspecified atom stereocenters. The molecule has 3 N–H and O–H groups in total. The van der Waals surface area contributed by atoms with E-state index in [1.165, 1.54) is 6.92 Å². The van der Waals surface area contributed by atoms with Crippen molar-refractivity contribution in [2.45, 2.75) is 31.3 Å². The Balaban J connectivity index is 1.33. The fourth-order valence-corrected chi connectivity index (χ4v) is 4.23. The molecule has 0 radical (unpaired) electrons. The molecule has 0 spiro atoms. The molecule has 1 aliphatic rings. The van der Waals surface area contributed by atoms with Gasteiger partial charge in [0.1, 0.15) is 18.7 Å². The van der Waals surface area contributed by atoms with E-state index in [9.17, 15) is 19.5 Å². The summed E-state index contributed by atoms with van der Waals surface area (Å²) in [6.45, 7) is 1.61. The number of carboxylic acids is 1. The van der Waals surface area contributed by atoms with Crippen LogP contribution in [0.2, 0.25) is 0 Å². The van der Waals surface area contributed by atoms with Gasteiger partial charge < -0.3 is 20.5 Å². The zero-order valence-electron chi connectivity index (χ0n) is 18.7. The number of carboxylic acid groups (broad SMARTS) is 1. The standard InChI is InChI=1S/C27H26N2O5/c1-17(25(30)29-24(26(31)32)15-18-9-3-2-4-10-18)28-27(33)34-16-23-21-13-7-5-11-19(21)20-12-6-8-14-22(20)23/h2-14,17,23-24H,15-16H2,1H3,(H,28,33)(H,29,30)(H,31,32)/t17-,24-/m1/s1. The zero-order chi connectivity index (χ0) is 24.1. The van der Waals surface area contributed by atoms with Gasteiger partial charge in [-0.2, -0.15) is 0 Å². The monoisotopic (exact) mass is 458 g/mol. The summed E-state index contributed by atoms with van der Waals surface area (Å²) in [5.74, 6) is -1.84. The van der Waals surface area contributed by atoms with Crippen molar-refractivity contribution in [2.24, 2.45) is 0 Å². The Labute approximate surface area is 197 Å². The molecule has 0 aromatic heterocycles. The summed E-state index contributed by atoms with van der Waals surface area (Å²) in [6, 6.07) is 23.0. The lowest BCUT2D eigenvalue weighted by molar-refractivity contribution is -0.142. The third kappa shape index (κ3) is 5.09. The first-order valence-corrected chi connectivity index (χ1v) is 11.1. The molecule has 1 aliphatic carbocycles. The molecule has 0 saturated heterocycles. The molecular formula is C27H26N2O5. The quantitative estimate of drug-likeness (QED) is 0.477. The first kappa shape index (κ1) is 23.0. The van der Waals surface area contributed by atoms with Gasteiger partial charge in [-0.3, -0.25) is 4.79 Å². The lowest BCUT2D eigenvalue weighted by atomic mass is 9.98. The molecule has 0 aliphatic heterocycles. The molecule has 2 atom stereocenters. The summed E-state index contributed by atoms with van der Waals surface area (Å²) in [6.07, 6.45) is -0.598. The van der Waals surface area contributed by atoms with Gasteiger partial charge in [-0.15, -0.1) is 0 Å². The molecule has 3 aromatic carbocycles. The number of aliphatic carboxylic acids is 1.